The van der Waals surface area contributed by atoms with Gasteiger partial charge in [0.1, 0.15) is 5.82 Å². The van der Waals surface area contributed by atoms with E-state index in [9.17, 15) is 17.6 Å². The van der Waals surface area contributed by atoms with Crippen LogP contribution < -0.4 is 5.32 Å². The van der Waals surface area contributed by atoms with Gasteiger partial charge in [-0.05, 0) is 43.1 Å². The Labute approximate surface area is 116 Å². The van der Waals surface area contributed by atoms with Crippen molar-refractivity contribution in [1.82, 2.24) is 5.32 Å². The van der Waals surface area contributed by atoms with Crippen molar-refractivity contribution in [3.05, 3.63) is 35.1 Å². The molecule has 0 aliphatic rings. The van der Waals surface area contributed by atoms with Gasteiger partial charge in [-0.25, -0.2) is 4.39 Å². The van der Waals surface area contributed by atoms with Crippen molar-refractivity contribution in [2.24, 2.45) is 0 Å². The predicted octanol–water partition coefficient (Wildman–Crippen LogP) is 3.92. The molecule has 0 spiro atoms. The second kappa shape index (κ2) is 7.59. The van der Waals surface area contributed by atoms with Gasteiger partial charge in [0, 0.05) is 19.8 Å². The highest BCUT2D eigenvalue weighted by atomic mass is 19.4. The number of alkyl halides is 3. The first-order chi connectivity index (χ1) is 9.40. The van der Waals surface area contributed by atoms with Gasteiger partial charge >= 0.3 is 6.18 Å². The largest absolute Gasteiger partial charge is 0.416 e. The maximum Gasteiger partial charge on any atom is 0.416 e. The van der Waals surface area contributed by atoms with Crippen molar-refractivity contribution in [3.63, 3.8) is 0 Å². The Morgan fingerprint density at radius 3 is 2.55 bits per heavy atom. The quantitative estimate of drug-likeness (QED) is 0.607. The van der Waals surface area contributed by atoms with E-state index in [1.807, 2.05) is 0 Å². The minimum Gasteiger partial charge on any atom is -0.385 e. The number of benzene rings is 1. The van der Waals surface area contributed by atoms with E-state index in [0.717, 1.165) is 18.2 Å². The van der Waals surface area contributed by atoms with Gasteiger partial charge in [0.15, 0.2) is 0 Å². The zero-order chi connectivity index (χ0) is 15.2. The number of hydrogen-bond acceptors (Lipinski definition) is 2. The summed E-state index contributed by atoms with van der Waals surface area (Å²) in [5.74, 6) is -0.664. The van der Waals surface area contributed by atoms with Crippen molar-refractivity contribution in [1.29, 1.82) is 0 Å². The highest BCUT2D eigenvalue weighted by molar-refractivity contribution is 5.33. The molecule has 0 radical (unpaired) electrons. The van der Waals surface area contributed by atoms with Crippen LogP contribution in [0, 0.1) is 5.82 Å². The second-order valence-electron chi connectivity index (χ2n) is 4.47. The molecular formula is C14H19F4NO. The van der Waals surface area contributed by atoms with Gasteiger partial charge in [0.2, 0.25) is 0 Å². The minimum absolute atomic E-state index is 0.0459. The Morgan fingerprint density at radius 1 is 1.30 bits per heavy atom. The number of halogens is 4. The van der Waals surface area contributed by atoms with Gasteiger partial charge in [-0.1, -0.05) is 6.92 Å². The molecule has 20 heavy (non-hydrogen) atoms. The Bertz CT molecular complexity index is 420. The molecule has 1 unspecified atom stereocenters. The van der Waals surface area contributed by atoms with Crippen LogP contribution in [0.3, 0.4) is 0 Å². The number of ether oxygens (including phenoxy) is 1. The van der Waals surface area contributed by atoms with E-state index in [1.54, 1.807) is 6.92 Å². The highest BCUT2D eigenvalue weighted by Gasteiger charge is 2.35. The lowest BCUT2D eigenvalue weighted by Crippen LogP contribution is -2.24. The van der Waals surface area contributed by atoms with Gasteiger partial charge in [0.25, 0.3) is 0 Å². The summed E-state index contributed by atoms with van der Waals surface area (Å²) in [4.78, 5) is 0. The van der Waals surface area contributed by atoms with Crippen LogP contribution in [0.5, 0.6) is 0 Å². The normalized spacial score (nSPS) is 13.5. The van der Waals surface area contributed by atoms with Crippen LogP contribution in [0.25, 0.3) is 0 Å². The van der Waals surface area contributed by atoms with E-state index in [4.69, 9.17) is 4.74 Å². The maximum atomic E-state index is 13.3. The third-order valence-corrected chi connectivity index (χ3v) is 2.99. The van der Waals surface area contributed by atoms with E-state index in [2.05, 4.69) is 5.32 Å². The summed E-state index contributed by atoms with van der Waals surface area (Å²) in [6.45, 7) is 2.76. The van der Waals surface area contributed by atoms with Gasteiger partial charge in [-0.15, -0.1) is 0 Å². The molecule has 0 aliphatic carbocycles. The van der Waals surface area contributed by atoms with Crippen molar-refractivity contribution in [3.8, 4) is 0 Å². The Morgan fingerprint density at radius 2 is 2.00 bits per heavy atom. The molecule has 0 bridgehead atoms. The van der Waals surface area contributed by atoms with Crippen molar-refractivity contribution in [2.45, 2.75) is 32.0 Å². The number of rotatable bonds is 7. The third-order valence-electron chi connectivity index (χ3n) is 2.99. The predicted molar refractivity (Wildman–Crippen MR) is 68.9 cm³/mol. The zero-order valence-corrected chi connectivity index (χ0v) is 11.6. The molecule has 0 saturated heterocycles. The molecule has 0 aliphatic heterocycles. The van der Waals surface area contributed by atoms with Gasteiger partial charge < -0.3 is 10.1 Å². The van der Waals surface area contributed by atoms with Gasteiger partial charge in [-0.2, -0.15) is 13.2 Å². The molecule has 0 fully saturated rings. The molecule has 0 amide bonds. The number of nitrogens with one attached hydrogen (secondary N) is 1. The molecule has 2 nitrogen and oxygen atoms in total. The molecule has 114 valence electrons. The fourth-order valence-corrected chi connectivity index (χ4v) is 2.13. The standard InChI is InChI=1S/C14H19F4NO/c1-3-19-13(5-4-8-20-2)11-9-10(15)6-7-12(11)14(16,17)18/h6-7,9,13,19H,3-5,8H2,1-2H3. The Balaban J connectivity index is 3.07. The molecular weight excluding hydrogens is 274 g/mol. The summed E-state index contributed by atoms with van der Waals surface area (Å²) < 4.78 is 57.2. The summed E-state index contributed by atoms with van der Waals surface area (Å²) in [5, 5.41) is 2.98. The third kappa shape index (κ3) is 4.76. The molecule has 0 heterocycles. The summed E-state index contributed by atoms with van der Waals surface area (Å²) in [5.41, 5.74) is -0.835. The van der Waals surface area contributed by atoms with Crippen LogP contribution in [0.4, 0.5) is 17.6 Å². The van der Waals surface area contributed by atoms with E-state index in [1.165, 1.54) is 7.11 Å². The lowest BCUT2D eigenvalue weighted by molar-refractivity contribution is -0.138. The van der Waals surface area contributed by atoms with Crippen LogP contribution in [-0.2, 0) is 10.9 Å². The lowest BCUT2D eigenvalue weighted by Gasteiger charge is -2.22. The van der Waals surface area contributed by atoms with Crippen LogP contribution in [0.1, 0.15) is 36.9 Å². The number of methoxy groups -OCH3 is 1. The average molecular weight is 293 g/mol. The fourth-order valence-electron chi connectivity index (χ4n) is 2.13. The van der Waals surface area contributed by atoms with Gasteiger partial charge in [-0.3, -0.25) is 0 Å². The zero-order valence-electron chi connectivity index (χ0n) is 11.6. The first-order valence-corrected chi connectivity index (χ1v) is 6.49. The van der Waals surface area contributed by atoms with Crippen LogP contribution in [-0.4, -0.2) is 20.3 Å². The summed E-state index contributed by atoms with van der Waals surface area (Å²) in [7, 11) is 1.53. The summed E-state index contributed by atoms with van der Waals surface area (Å²) in [6.07, 6.45) is -3.44. The first kappa shape index (κ1) is 16.9. The summed E-state index contributed by atoms with van der Waals surface area (Å²) >= 11 is 0. The monoisotopic (exact) mass is 293 g/mol. The van der Waals surface area contributed by atoms with Crippen LogP contribution >= 0.6 is 0 Å². The minimum atomic E-state index is -4.49. The van der Waals surface area contributed by atoms with E-state index in [-0.39, 0.29) is 5.56 Å². The van der Waals surface area contributed by atoms with Crippen molar-refractivity contribution < 1.29 is 22.3 Å². The lowest BCUT2D eigenvalue weighted by atomic mass is 9.96. The number of hydrogen-bond donors (Lipinski definition) is 1. The average Bonchev–Trinajstić information content (AvgIpc) is 2.36. The van der Waals surface area contributed by atoms with Crippen molar-refractivity contribution in [2.75, 3.05) is 20.3 Å². The van der Waals surface area contributed by atoms with Crippen LogP contribution in [0.2, 0.25) is 0 Å². The SMILES string of the molecule is CCNC(CCCOC)c1cc(F)ccc1C(F)(F)F. The fraction of sp³-hybridized carbons (Fsp3) is 0.571. The van der Waals surface area contributed by atoms with Gasteiger partial charge in [0.05, 0.1) is 5.56 Å². The van der Waals surface area contributed by atoms with Crippen LogP contribution in [0.15, 0.2) is 18.2 Å². The smallest absolute Gasteiger partial charge is 0.385 e. The second-order valence-corrected chi connectivity index (χ2v) is 4.47. The summed E-state index contributed by atoms with van der Waals surface area (Å²) in [6, 6.07) is 2.06. The molecule has 1 N–H and O–H groups in total. The van der Waals surface area contributed by atoms with E-state index < -0.39 is 23.6 Å². The molecule has 0 saturated carbocycles. The molecule has 1 aromatic carbocycles. The highest BCUT2D eigenvalue weighted by Crippen LogP contribution is 2.36. The first-order valence-electron chi connectivity index (χ1n) is 6.49. The Kier molecular flexibility index (Phi) is 6.42. The van der Waals surface area contributed by atoms with Crippen molar-refractivity contribution >= 4 is 0 Å². The molecule has 1 rings (SSSR count). The molecule has 6 heteroatoms. The Hall–Kier alpha value is -1.14. The molecule has 0 aromatic heterocycles. The molecule has 1 aromatic rings. The maximum absolute atomic E-state index is 13.3. The van der Waals surface area contributed by atoms with E-state index in [0.29, 0.717) is 26.0 Å². The topological polar surface area (TPSA) is 21.3 Å². The molecule has 1 atom stereocenters. The van der Waals surface area contributed by atoms with E-state index >= 15 is 0 Å².